The Morgan fingerprint density at radius 2 is 1.89 bits per heavy atom. The van der Waals surface area contributed by atoms with Crippen LogP contribution in [0.4, 0.5) is 0 Å². The van der Waals surface area contributed by atoms with Crippen LogP contribution in [0.1, 0.15) is 29.0 Å². The van der Waals surface area contributed by atoms with E-state index in [9.17, 15) is 9.59 Å². The number of aromatic nitrogens is 6. The van der Waals surface area contributed by atoms with Gasteiger partial charge in [0.25, 0.3) is 11.5 Å². The maximum absolute atomic E-state index is 13.0. The third kappa shape index (κ3) is 2.39. The van der Waals surface area contributed by atoms with Gasteiger partial charge in [-0.15, -0.1) is 10.2 Å². The fourth-order valence-electron chi connectivity index (χ4n) is 4.30. The summed E-state index contributed by atoms with van der Waals surface area (Å²) in [5.74, 6) is 1.17. The molecular formula is C19H19N7O2. The van der Waals surface area contributed by atoms with E-state index in [1.165, 1.54) is 0 Å². The zero-order chi connectivity index (χ0) is 19.3. The summed E-state index contributed by atoms with van der Waals surface area (Å²) in [4.78, 5) is 35.8. The van der Waals surface area contributed by atoms with Crippen LogP contribution < -0.4 is 5.56 Å². The molecule has 5 heterocycles. The fraction of sp³-hybridized carbons (Fsp3) is 0.368. The lowest BCUT2D eigenvalue weighted by molar-refractivity contribution is 0.0783. The average molecular weight is 377 g/mol. The van der Waals surface area contributed by atoms with Gasteiger partial charge in [-0.3, -0.25) is 19.1 Å². The van der Waals surface area contributed by atoms with E-state index in [0.717, 1.165) is 12.8 Å². The van der Waals surface area contributed by atoms with Gasteiger partial charge in [0.2, 0.25) is 0 Å². The Morgan fingerprint density at radius 3 is 2.64 bits per heavy atom. The molecule has 2 aliphatic heterocycles. The van der Waals surface area contributed by atoms with Gasteiger partial charge in [0.15, 0.2) is 11.5 Å². The van der Waals surface area contributed by atoms with Crippen molar-refractivity contribution in [3.63, 3.8) is 0 Å². The molecule has 1 saturated heterocycles. The third-order valence-corrected chi connectivity index (χ3v) is 5.84. The highest BCUT2D eigenvalue weighted by atomic mass is 16.2. The molecule has 0 aliphatic carbocycles. The van der Waals surface area contributed by atoms with E-state index in [1.807, 2.05) is 11.9 Å². The number of amides is 1. The van der Waals surface area contributed by atoms with E-state index in [1.54, 1.807) is 46.1 Å². The van der Waals surface area contributed by atoms with Crippen LogP contribution >= 0.6 is 0 Å². The molecule has 1 amide bonds. The number of pyridine rings is 1. The molecular weight excluding hydrogens is 358 g/mol. The molecule has 0 saturated carbocycles. The number of fused-ring (bicyclic) bond motifs is 2. The summed E-state index contributed by atoms with van der Waals surface area (Å²) in [5.41, 5.74) is 0.402. The highest BCUT2D eigenvalue weighted by Crippen LogP contribution is 2.41. The molecule has 0 bridgehead atoms. The third-order valence-electron chi connectivity index (χ3n) is 5.84. The first-order valence-corrected chi connectivity index (χ1v) is 9.24. The molecule has 3 aromatic heterocycles. The Morgan fingerprint density at radius 1 is 1.11 bits per heavy atom. The second kappa shape index (κ2) is 6.08. The Balaban J connectivity index is 1.47. The molecule has 2 aliphatic rings. The quantitative estimate of drug-likeness (QED) is 0.649. The van der Waals surface area contributed by atoms with E-state index in [-0.39, 0.29) is 22.6 Å². The fourth-order valence-corrected chi connectivity index (χ4v) is 4.30. The maximum atomic E-state index is 13.0. The van der Waals surface area contributed by atoms with Crippen molar-refractivity contribution in [3.8, 4) is 11.5 Å². The first kappa shape index (κ1) is 16.8. The Hall–Kier alpha value is -3.36. The predicted molar refractivity (Wildman–Crippen MR) is 99.5 cm³/mol. The monoisotopic (exact) mass is 377 g/mol. The van der Waals surface area contributed by atoms with Crippen LogP contribution in [0.3, 0.4) is 0 Å². The van der Waals surface area contributed by atoms with E-state index in [4.69, 9.17) is 0 Å². The molecule has 5 rings (SSSR count). The second-order valence-electron chi connectivity index (χ2n) is 7.43. The number of aryl methyl sites for hydroxylation is 1. The lowest BCUT2D eigenvalue weighted by atomic mass is 9.85. The van der Waals surface area contributed by atoms with Gasteiger partial charge >= 0.3 is 0 Å². The van der Waals surface area contributed by atoms with Crippen molar-refractivity contribution in [2.45, 2.75) is 24.8 Å². The number of rotatable bonds is 2. The smallest absolute Gasteiger partial charge is 0.283 e. The van der Waals surface area contributed by atoms with Gasteiger partial charge < -0.3 is 9.47 Å². The van der Waals surface area contributed by atoms with Crippen molar-refractivity contribution >= 4 is 5.91 Å². The van der Waals surface area contributed by atoms with Gasteiger partial charge in [-0.1, -0.05) is 0 Å². The topological polar surface area (TPSA) is 98.8 Å². The van der Waals surface area contributed by atoms with Crippen molar-refractivity contribution in [3.05, 3.63) is 58.7 Å². The number of carbonyl (C=O) groups excluding carboxylic acids is 1. The molecule has 3 aromatic rings. The van der Waals surface area contributed by atoms with E-state index < -0.39 is 0 Å². The van der Waals surface area contributed by atoms with Crippen molar-refractivity contribution in [2.75, 3.05) is 13.1 Å². The number of imidazole rings is 1. The standard InChI is InChI=1S/C19H19N7O2/c1-24-11-8-21-15(24)14-17(28)26-10-5-19(18(26)23-22-14)4-9-25(12-19)16(27)13-2-6-20-7-3-13/h2-3,6-8,11H,4-5,9-10,12H2,1H3/t19-/m0/s1. The summed E-state index contributed by atoms with van der Waals surface area (Å²) < 4.78 is 3.46. The van der Waals surface area contributed by atoms with Crippen LogP contribution in [0.2, 0.25) is 0 Å². The predicted octanol–water partition coefficient (Wildman–Crippen LogP) is 0.621. The molecule has 9 nitrogen and oxygen atoms in total. The summed E-state index contributed by atoms with van der Waals surface area (Å²) in [6.45, 7) is 1.76. The molecule has 0 aromatic carbocycles. The van der Waals surface area contributed by atoms with Crippen molar-refractivity contribution in [2.24, 2.45) is 7.05 Å². The van der Waals surface area contributed by atoms with E-state index in [2.05, 4.69) is 20.2 Å². The van der Waals surface area contributed by atoms with Crippen molar-refractivity contribution < 1.29 is 4.79 Å². The van der Waals surface area contributed by atoms with Crippen LogP contribution in [0, 0.1) is 0 Å². The average Bonchev–Trinajstić information content (AvgIpc) is 3.43. The van der Waals surface area contributed by atoms with Crippen molar-refractivity contribution in [1.82, 2.24) is 34.2 Å². The first-order valence-electron chi connectivity index (χ1n) is 9.24. The normalized spacial score (nSPS) is 20.7. The lowest BCUT2D eigenvalue weighted by Crippen LogP contribution is -2.35. The molecule has 0 N–H and O–H groups in total. The van der Waals surface area contributed by atoms with Crippen molar-refractivity contribution in [1.29, 1.82) is 0 Å². The molecule has 1 atom stereocenters. The zero-order valence-corrected chi connectivity index (χ0v) is 15.4. The van der Waals surface area contributed by atoms with Gasteiger partial charge in [-0.05, 0) is 25.0 Å². The SMILES string of the molecule is Cn1ccnc1-c1nnc2n(c1=O)CC[C@]21CCN(C(=O)c2ccncc2)C1. The number of likely N-dealkylation sites (tertiary alicyclic amines) is 1. The highest BCUT2D eigenvalue weighted by Gasteiger charge is 2.48. The summed E-state index contributed by atoms with van der Waals surface area (Å²) in [6, 6.07) is 3.44. The zero-order valence-electron chi connectivity index (χ0n) is 15.4. The molecule has 28 heavy (non-hydrogen) atoms. The Labute approximate surface area is 160 Å². The molecule has 142 valence electrons. The second-order valence-corrected chi connectivity index (χ2v) is 7.43. The lowest BCUT2D eigenvalue weighted by Gasteiger charge is -2.23. The summed E-state index contributed by atoms with van der Waals surface area (Å²) in [7, 11) is 1.82. The Bertz CT molecular complexity index is 1120. The minimum absolute atomic E-state index is 0.0161. The highest BCUT2D eigenvalue weighted by molar-refractivity contribution is 5.94. The van der Waals surface area contributed by atoms with Gasteiger partial charge in [-0.25, -0.2) is 4.98 Å². The molecule has 9 heteroatoms. The van der Waals surface area contributed by atoms with Gasteiger partial charge in [0.05, 0.1) is 5.41 Å². The number of hydrogen-bond donors (Lipinski definition) is 0. The van der Waals surface area contributed by atoms with Crippen LogP contribution in [0.15, 0.2) is 41.7 Å². The largest absolute Gasteiger partial charge is 0.338 e. The minimum Gasteiger partial charge on any atom is -0.338 e. The number of carbonyl (C=O) groups is 1. The van der Waals surface area contributed by atoms with Gasteiger partial charge in [0.1, 0.15) is 5.82 Å². The van der Waals surface area contributed by atoms with E-state index >= 15 is 0 Å². The molecule has 1 fully saturated rings. The molecule has 0 unspecified atom stereocenters. The summed E-state index contributed by atoms with van der Waals surface area (Å²) in [6.07, 6.45) is 8.20. The molecule has 1 spiro atoms. The van der Waals surface area contributed by atoms with Gasteiger partial charge in [0, 0.05) is 57.0 Å². The van der Waals surface area contributed by atoms with Crippen LogP contribution in [-0.2, 0) is 19.0 Å². The number of hydrogen-bond acceptors (Lipinski definition) is 6. The number of nitrogens with zero attached hydrogens (tertiary/aromatic N) is 7. The molecule has 0 radical (unpaired) electrons. The summed E-state index contributed by atoms with van der Waals surface area (Å²) >= 11 is 0. The van der Waals surface area contributed by atoms with E-state index in [0.29, 0.717) is 36.8 Å². The first-order chi connectivity index (χ1) is 13.6. The van der Waals surface area contributed by atoms with Gasteiger partial charge in [-0.2, -0.15) is 0 Å². The maximum Gasteiger partial charge on any atom is 0.283 e. The van der Waals surface area contributed by atoms with Crippen LogP contribution in [0.5, 0.6) is 0 Å². The van der Waals surface area contributed by atoms with Crippen LogP contribution in [0.25, 0.3) is 11.5 Å². The summed E-state index contributed by atoms with van der Waals surface area (Å²) in [5, 5.41) is 8.65. The van der Waals surface area contributed by atoms with Crippen LogP contribution in [-0.4, -0.2) is 53.2 Å². The minimum atomic E-state index is -0.310. The Kier molecular flexibility index (Phi) is 3.65.